The summed E-state index contributed by atoms with van der Waals surface area (Å²) in [5.74, 6) is 1.96. The highest BCUT2D eigenvalue weighted by Crippen LogP contribution is 2.31. The predicted molar refractivity (Wildman–Crippen MR) is 202 cm³/mol. The number of rotatable bonds is 22. The van der Waals surface area contributed by atoms with Crippen molar-refractivity contribution >= 4 is 22.6 Å². The number of hydrogen-bond donors (Lipinski definition) is 0. The topological polar surface area (TPSA) is 33.5 Å². The number of aryl methyl sites for hydroxylation is 3. The maximum Gasteiger partial charge on any atom is 0.141 e. The van der Waals surface area contributed by atoms with Crippen LogP contribution in [0.5, 0.6) is 5.75 Å². The van der Waals surface area contributed by atoms with E-state index in [9.17, 15) is 0 Å². The van der Waals surface area contributed by atoms with Crippen molar-refractivity contribution < 1.29 is 4.74 Å². The molecule has 0 saturated heterocycles. The van der Waals surface area contributed by atoms with E-state index in [-0.39, 0.29) is 0 Å². The van der Waals surface area contributed by atoms with E-state index >= 15 is 0 Å². The van der Waals surface area contributed by atoms with E-state index in [2.05, 4.69) is 97.5 Å². The first-order chi connectivity index (χ1) is 23.0. The lowest BCUT2D eigenvalue weighted by atomic mass is 9.99. The lowest BCUT2D eigenvalue weighted by molar-refractivity contribution is 0.297. The van der Waals surface area contributed by atoms with E-state index < -0.39 is 0 Å². The molecule has 0 N–H and O–H groups in total. The third kappa shape index (κ3) is 11.1. The second-order valence-electron chi connectivity index (χ2n) is 12.8. The van der Waals surface area contributed by atoms with Crippen LogP contribution in [0.1, 0.15) is 89.8 Å². The summed E-state index contributed by atoms with van der Waals surface area (Å²) in [6.07, 6.45) is 10.2. The number of fused-ring (bicyclic) bond motifs is 1. The first-order valence-electron chi connectivity index (χ1n) is 18.4. The normalized spacial score (nSPS) is 11.7. The first-order valence-corrected chi connectivity index (χ1v) is 18.8. The van der Waals surface area contributed by atoms with Gasteiger partial charge in [-0.3, -0.25) is 0 Å². The van der Waals surface area contributed by atoms with Gasteiger partial charge in [0.1, 0.15) is 11.6 Å². The van der Waals surface area contributed by atoms with Crippen LogP contribution in [0.4, 0.5) is 0 Å². The summed E-state index contributed by atoms with van der Waals surface area (Å²) >= 11 is 6.04. The zero-order valence-electron chi connectivity index (χ0n) is 29.9. The first kappa shape index (κ1) is 37.0. The molecular weight excluding hydrogens is 600 g/mol. The van der Waals surface area contributed by atoms with Gasteiger partial charge in [0.05, 0.1) is 17.6 Å². The third-order valence-corrected chi connectivity index (χ3v) is 9.81. The fourth-order valence-electron chi connectivity index (χ4n) is 6.49. The largest absolute Gasteiger partial charge is 0.493 e. The van der Waals surface area contributed by atoms with Crippen molar-refractivity contribution in [2.75, 3.05) is 45.9 Å². The zero-order valence-corrected chi connectivity index (χ0v) is 30.6. The van der Waals surface area contributed by atoms with Crippen molar-refractivity contribution in [1.29, 1.82) is 0 Å². The molecule has 0 atom stereocenters. The molecule has 0 aliphatic carbocycles. The summed E-state index contributed by atoms with van der Waals surface area (Å²) in [6.45, 7) is 19.8. The molecule has 1 heterocycles. The smallest absolute Gasteiger partial charge is 0.141 e. The second-order valence-corrected chi connectivity index (χ2v) is 13.2. The number of ether oxygens (including phenoxy) is 1. The number of nitrogens with zero attached hydrogens (tertiary/aromatic N) is 4. The van der Waals surface area contributed by atoms with Gasteiger partial charge in [0.25, 0.3) is 0 Å². The minimum atomic E-state index is 0.630. The molecule has 0 amide bonds. The van der Waals surface area contributed by atoms with Crippen LogP contribution in [0.15, 0.2) is 60.7 Å². The van der Waals surface area contributed by atoms with E-state index in [1.807, 2.05) is 12.1 Å². The van der Waals surface area contributed by atoms with Crippen molar-refractivity contribution in [3.8, 4) is 17.1 Å². The Morgan fingerprint density at radius 1 is 0.681 bits per heavy atom. The Labute approximate surface area is 290 Å². The zero-order chi connectivity index (χ0) is 33.4. The molecule has 4 aromatic rings. The van der Waals surface area contributed by atoms with Crippen LogP contribution < -0.4 is 4.74 Å². The number of hydrogen-bond acceptors (Lipinski definition) is 4. The third-order valence-electron chi connectivity index (χ3n) is 9.56. The lowest BCUT2D eigenvalue weighted by Gasteiger charge is -2.18. The molecule has 6 heteroatoms. The average molecular weight is 659 g/mol. The van der Waals surface area contributed by atoms with Crippen LogP contribution in [-0.4, -0.2) is 65.2 Å². The van der Waals surface area contributed by atoms with Crippen LogP contribution in [-0.2, 0) is 25.8 Å². The minimum Gasteiger partial charge on any atom is -0.493 e. The van der Waals surface area contributed by atoms with Crippen LogP contribution in [0, 0.1) is 0 Å². The van der Waals surface area contributed by atoms with Gasteiger partial charge >= 0.3 is 0 Å². The molecule has 47 heavy (non-hydrogen) atoms. The summed E-state index contributed by atoms with van der Waals surface area (Å²) in [5, 5.41) is 0.764. The Bertz CT molecular complexity index is 1460. The molecule has 0 radical (unpaired) electrons. The van der Waals surface area contributed by atoms with Gasteiger partial charge in [0.2, 0.25) is 0 Å². The maximum atomic E-state index is 6.12. The Morgan fingerprint density at radius 2 is 1.32 bits per heavy atom. The Balaban J connectivity index is 1.57. The van der Waals surface area contributed by atoms with Crippen LogP contribution in [0.2, 0.25) is 5.02 Å². The highest BCUT2D eigenvalue weighted by molar-refractivity contribution is 6.30. The van der Waals surface area contributed by atoms with Crippen molar-refractivity contribution in [1.82, 2.24) is 19.4 Å². The fourth-order valence-corrected chi connectivity index (χ4v) is 6.61. The molecule has 0 saturated carbocycles. The predicted octanol–water partition coefficient (Wildman–Crippen LogP) is 10.1. The summed E-state index contributed by atoms with van der Waals surface area (Å²) in [7, 11) is 0. The Kier molecular flexibility index (Phi) is 15.6. The van der Waals surface area contributed by atoms with Gasteiger partial charge in [-0.05, 0) is 143 Å². The average Bonchev–Trinajstić information content (AvgIpc) is 3.47. The van der Waals surface area contributed by atoms with Crippen molar-refractivity contribution in [2.24, 2.45) is 0 Å². The van der Waals surface area contributed by atoms with Gasteiger partial charge in [-0.2, -0.15) is 0 Å². The van der Waals surface area contributed by atoms with Crippen molar-refractivity contribution in [2.45, 2.75) is 99.0 Å². The van der Waals surface area contributed by atoms with E-state index in [0.717, 1.165) is 87.0 Å². The highest BCUT2D eigenvalue weighted by Gasteiger charge is 2.17. The fraction of sp³-hybridized carbons (Fsp3) is 0.537. The van der Waals surface area contributed by atoms with Crippen molar-refractivity contribution in [3.05, 3.63) is 82.4 Å². The minimum absolute atomic E-state index is 0.630. The molecule has 1 aromatic heterocycles. The number of aromatic nitrogens is 2. The SMILES string of the molecule is CCCCn1c(-c2ccc(OCCc3ccc(Cl)cc3)cc2)nc2c(CCCCN(CC)CC)cc(CCCCN(CC)CC)cc21. The van der Waals surface area contributed by atoms with E-state index in [1.165, 1.54) is 66.5 Å². The number of halogens is 1. The van der Waals surface area contributed by atoms with E-state index in [1.54, 1.807) is 0 Å². The van der Waals surface area contributed by atoms with Gasteiger partial charge in [0, 0.05) is 23.6 Å². The quantitative estimate of drug-likeness (QED) is 0.0787. The summed E-state index contributed by atoms with van der Waals surface area (Å²) in [4.78, 5) is 10.5. The van der Waals surface area contributed by atoms with Crippen LogP contribution in [0.3, 0.4) is 0 Å². The molecule has 256 valence electrons. The van der Waals surface area contributed by atoms with Crippen LogP contribution in [0.25, 0.3) is 22.4 Å². The van der Waals surface area contributed by atoms with Gasteiger partial charge in [-0.1, -0.05) is 70.8 Å². The maximum absolute atomic E-state index is 6.12. The second kappa shape index (κ2) is 19.8. The molecule has 0 aliphatic heterocycles. The molecule has 0 aliphatic rings. The van der Waals surface area contributed by atoms with E-state index in [0.29, 0.717) is 6.61 Å². The van der Waals surface area contributed by atoms with Gasteiger partial charge in [-0.25, -0.2) is 4.98 Å². The number of benzene rings is 3. The molecule has 0 spiro atoms. The van der Waals surface area contributed by atoms with Crippen molar-refractivity contribution in [3.63, 3.8) is 0 Å². The molecule has 0 unspecified atom stereocenters. The number of unbranched alkanes of at least 4 members (excludes halogenated alkanes) is 3. The van der Waals surface area contributed by atoms with E-state index in [4.69, 9.17) is 21.3 Å². The molecule has 5 nitrogen and oxygen atoms in total. The van der Waals surface area contributed by atoms with Gasteiger partial charge < -0.3 is 19.1 Å². The molecular formula is C41H59ClN4O. The van der Waals surface area contributed by atoms with Crippen LogP contribution >= 0.6 is 11.6 Å². The van der Waals surface area contributed by atoms with Gasteiger partial charge in [-0.15, -0.1) is 0 Å². The Morgan fingerprint density at radius 3 is 1.94 bits per heavy atom. The lowest BCUT2D eigenvalue weighted by Crippen LogP contribution is -2.24. The highest BCUT2D eigenvalue weighted by atomic mass is 35.5. The number of imidazole rings is 1. The molecule has 0 fully saturated rings. The summed E-state index contributed by atoms with van der Waals surface area (Å²) in [5.41, 5.74) is 7.74. The monoisotopic (exact) mass is 658 g/mol. The molecule has 0 bridgehead atoms. The summed E-state index contributed by atoms with van der Waals surface area (Å²) < 4.78 is 8.61. The van der Waals surface area contributed by atoms with Gasteiger partial charge in [0.15, 0.2) is 0 Å². The Hall–Kier alpha value is -2.86. The molecule has 3 aromatic carbocycles. The molecule has 4 rings (SSSR count). The summed E-state index contributed by atoms with van der Waals surface area (Å²) in [6, 6.07) is 21.5. The standard InChI is InChI=1S/C41H59ClN4O/c1-6-11-29-46-39-32-34(16-12-14-27-44(7-2)8-3)31-36(17-13-15-28-45(9-4)10-5)40(39)43-41(46)35-20-24-38(25-21-35)47-30-26-33-18-22-37(42)23-19-33/h18-25,31-32H,6-17,26-30H2,1-5H3.